The van der Waals surface area contributed by atoms with Crippen molar-refractivity contribution in [2.75, 3.05) is 0 Å². The van der Waals surface area contributed by atoms with Gasteiger partial charge in [0.1, 0.15) is 24.2 Å². The summed E-state index contributed by atoms with van der Waals surface area (Å²) in [7, 11) is 0. The van der Waals surface area contributed by atoms with Crippen molar-refractivity contribution in [1.82, 2.24) is 30.9 Å². The van der Waals surface area contributed by atoms with E-state index in [-0.39, 0.29) is 18.8 Å². The lowest BCUT2D eigenvalue weighted by atomic mass is 9.96. The van der Waals surface area contributed by atoms with Crippen molar-refractivity contribution in [2.45, 2.75) is 70.3 Å². The number of H-pyrrole nitrogens is 2. The number of aliphatic hydroxyl groups is 1. The number of aliphatic carboxylic acids is 1. The molecule has 0 aliphatic rings. The summed E-state index contributed by atoms with van der Waals surface area (Å²) in [5, 5.41) is 28.2. The van der Waals surface area contributed by atoms with E-state index in [0.717, 1.165) is 10.9 Å². The summed E-state index contributed by atoms with van der Waals surface area (Å²) in [6.45, 7) is 4.95. The smallest absolute Gasteiger partial charge is 0.326 e. The molecule has 6 unspecified atom stereocenters. The quantitative estimate of drug-likeness (QED) is 0.135. The largest absolute Gasteiger partial charge is 0.480 e. The average molecular weight is 556 g/mol. The molecular weight excluding hydrogens is 518 g/mol. The molecule has 6 atom stereocenters. The Morgan fingerprint density at radius 3 is 2.30 bits per heavy atom. The van der Waals surface area contributed by atoms with Gasteiger partial charge in [-0.2, -0.15) is 0 Å². The molecule has 3 aromatic rings. The van der Waals surface area contributed by atoms with Crippen molar-refractivity contribution in [3.8, 4) is 0 Å². The Morgan fingerprint density at radius 2 is 1.68 bits per heavy atom. The van der Waals surface area contributed by atoms with E-state index >= 15 is 0 Å². The van der Waals surface area contributed by atoms with E-state index in [4.69, 9.17) is 5.73 Å². The second-order valence-corrected chi connectivity index (χ2v) is 9.94. The molecule has 216 valence electrons. The van der Waals surface area contributed by atoms with Crippen LogP contribution in [-0.4, -0.2) is 79.1 Å². The second kappa shape index (κ2) is 13.7. The number of hydrogen-bond donors (Lipinski definition) is 8. The van der Waals surface area contributed by atoms with Crippen LogP contribution in [0.25, 0.3) is 10.9 Å². The first-order chi connectivity index (χ1) is 19.0. The molecule has 1 aromatic carbocycles. The molecule has 0 saturated heterocycles. The molecule has 0 spiro atoms. The topological polar surface area (TPSA) is 215 Å². The summed E-state index contributed by atoms with van der Waals surface area (Å²) in [6, 6.07) is 2.65. The van der Waals surface area contributed by atoms with Gasteiger partial charge in [-0.3, -0.25) is 14.4 Å². The second-order valence-electron chi connectivity index (χ2n) is 9.94. The van der Waals surface area contributed by atoms with Crippen LogP contribution < -0.4 is 21.7 Å². The van der Waals surface area contributed by atoms with E-state index in [1.54, 1.807) is 13.1 Å². The third-order valence-electron chi connectivity index (χ3n) is 6.94. The summed E-state index contributed by atoms with van der Waals surface area (Å²) in [4.78, 5) is 61.4. The van der Waals surface area contributed by atoms with Gasteiger partial charge < -0.3 is 41.9 Å². The molecule has 2 aromatic heterocycles. The highest BCUT2D eigenvalue weighted by Crippen LogP contribution is 2.19. The molecule has 2 heterocycles. The van der Waals surface area contributed by atoms with E-state index in [9.17, 15) is 29.4 Å². The molecule has 13 nitrogen and oxygen atoms in total. The number of aromatic amines is 2. The van der Waals surface area contributed by atoms with Crippen LogP contribution in [0.1, 0.15) is 38.4 Å². The third-order valence-corrected chi connectivity index (χ3v) is 6.94. The summed E-state index contributed by atoms with van der Waals surface area (Å²) >= 11 is 0. The molecule has 0 aliphatic carbocycles. The van der Waals surface area contributed by atoms with Crippen molar-refractivity contribution in [1.29, 1.82) is 0 Å². The molecule has 0 radical (unpaired) electrons. The number of aromatic nitrogens is 3. The number of aliphatic hydroxyl groups excluding tert-OH is 1. The molecule has 3 amide bonds. The number of carboxylic acids is 1. The number of rotatable bonds is 14. The lowest BCUT2D eigenvalue weighted by Gasteiger charge is -2.28. The predicted molar refractivity (Wildman–Crippen MR) is 147 cm³/mol. The van der Waals surface area contributed by atoms with Crippen molar-refractivity contribution in [3.05, 3.63) is 54.2 Å². The van der Waals surface area contributed by atoms with E-state index in [1.807, 2.05) is 31.2 Å². The van der Waals surface area contributed by atoms with Gasteiger partial charge in [-0.1, -0.05) is 38.5 Å². The van der Waals surface area contributed by atoms with Crippen LogP contribution in [-0.2, 0) is 32.0 Å². The number of benzene rings is 1. The Morgan fingerprint density at radius 1 is 0.975 bits per heavy atom. The number of amides is 3. The molecule has 0 saturated carbocycles. The third kappa shape index (κ3) is 7.67. The van der Waals surface area contributed by atoms with E-state index in [0.29, 0.717) is 17.7 Å². The van der Waals surface area contributed by atoms with E-state index in [2.05, 4.69) is 30.9 Å². The number of imidazole rings is 1. The Labute approximate surface area is 231 Å². The van der Waals surface area contributed by atoms with Gasteiger partial charge in [-0.25, -0.2) is 9.78 Å². The number of hydrogen-bond acceptors (Lipinski definition) is 7. The molecule has 40 heavy (non-hydrogen) atoms. The zero-order valence-corrected chi connectivity index (χ0v) is 22.7. The van der Waals surface area contributed by atoms with Gasteiger partial charge in [0.15, 0.2) is 0 Å². The summed E-state index contributed by atoms with van der Waals surface area (Å²) in [5.74, 6) is -3.65. The first-order valence-electron chi connectivity index (χ1n) is 13.1. The Bertz CT molecular complexity index is 1310. The maximum absolute atomic E-state index is 13.4. The van der Waals surface area contributed by atoms with Gasteiger partial charge >= 0.3 is 5.97 Å². The van der Waals surface area contributed by atoms with Crippen molar-refractivity contribution in [3.63, 3.8) is 0 Å². The Hall–Kier alpha value is -4.23. The lowest BCUT2D eigenvalue weighted by molar-refractivity contribution is -0.142. The monoisotopic (exact) mass is 555 g/mol. The molecule has 0 aliphatic heterocycles. The Kier molecular flexibility index (Phi) is 10.4. The summed E-state index contributed by atoms with van der Waals surface area (Å²) < 4.78 is 0. The maximum atomic E-state index is 13.4. The predicted octanol–water partition coefficient (Wildman–Crippen LogP) is -0.0306. The van der Waals surface area contributed by atoms with E-state index < -0.39 is 54.0 Å². The zero-order valence-electron chi connectivity index (χ0n) is 22.7. The van der Waals surface area contributed by atoms with Gasteiger partial charge in [-0.05, 0) is 24.5 Å². The van der Waals surface area contributed by atoms with Crippen LogP contribution >= 0.6 is 0 Å². The fourth-order valence-electron chi connectivity index (χ4n) is 4.25. The summed E-state index contributed by atoms with van der Waals surface area (Å²) in [6.07, 6.45) is 4.00. The van der Waals surface area contributed by atoms with Crippen LogP contribution in [0.3, 0.4) is 0 Å². The highest BCUT2D eigenvalue weighted by atomic mass is 16.4. The van der Waals surface area contributed by atoms with Crippen molar-refractivity contribution in [2.24, 2.45) is 11.7 Å². The number of fused-ring (bicyclic) bond motifs is 1. The normalized spacial score (nSPS) is 15.8. The van der Waals surface area contributed by atoms with Gasteiger partial charge in [-0.15, -0.1) is 0 Å². The van der Waals surface area contributed by atoms with Crippen LogP contribution in [0, 0.1) is 5.92 Å². The van der Waals surface area contributed by atoms with Crippen LogP contribution in [0.15, 0.2) is 43.0 Å². The number of para-hydroxylation sites is 1. The highest BCUT2D eigenvalue weighted by molar-refractivity contribution is 5.94. The SMILES string of the molecule is CCC(C)C(NC(=O)C(N)C(C)O)C(=O)NC(Cc1cnc[nH]1)C(=O)NC(Cc1c[nH]c2ccccc12)C(=O)O. The average Bonchev–Trinajstić information content (AvgIpc) is 3.59. The number of carbonyl (C=O) groups is 4. The highest BCUT2D eigenvalue weighted by Gasteiger charge is 2.33. The maximum Gasteiger partial charge on any atom is 0.326 e. The minimum Gasteiger partial charge on any atom is -0.480 e. The number of nitrogens with zero attached hydrogens (tertiary/aromatic N) is 1. The minimum atomic E-state index is -1.28. The zero-order chi connectivity index (χ0) is 29.4. The van der Waals surface area contributed by atoms with Gasteiger partial charge in [0.2, 0.25) is 17.7 Å². The van der Waals surface area contributed by atoms with Gasteiger partial charge in [0.05, 0.1) is 12.4 Å². The molecule has 0 bridgehead atoms. The van der Waals surface area contributed by atoms with E-state index in [1.165, 1.54) is 19.4 Å². The van der Waals surface area contributed by atoms with Crippen molar-refractivity contribution < 1.29 is 29.4 Å². The molecule has 13 heteroatoms. The first-order valence-corrected chi connectivity index (χ1v) is 13.1. The molecule has 0 fully saturated rings. The van der Waals surface area contributed by atoms with Crippen LogP contribution in [0.4, 0.5) is 0 Å². The number of nitrogens with two attached hydrogens (primary N) is 1. The Balaban J connectivity index is 1.80. The fourth-order valence-corrected chi connectivity index (χ4v) is 4.25. The fraction of sp³-hybridized carbons (Fsp3) is 0.444. The molecule has 3 rings (SSSR count). The first kappa shape index (κ1) is 30.3. The van der Waals surface area contributed by atoms with Crippen molar-refractivity contribution >= 4 is 34.6 Å². The standard InChI is InChI=1S/C27H37N7O6/c1-4-14(2)23(34-25(37)22(28)15(3)35)26(38)32-20(10-17-12-29-13-31-17)24(36)33-21(27(39)40)9-16-11-30-19-8-6-5-7-18(16)19/h5-8,11-15,20-23,30,35H,4,9-10,28H2,1-3H3,(H,29,31)(H,32,38)(H,33,36)(H,34,37)(H,39,40). The minimum absolute atomic E-state index is 0.00857. The number of nitrogens with one attached hydrogen (secondary N) is 5. The summed E-state index contributed by atoms with van der Waals surface area (Å²) in [5.41, 5.74) is 7.82. The molecule has 9 N–H and O–H groups in total. The molecular formula is C27H37N7O6. The van der Waals surface area contributed by atoms with Crippen LogP contribution in [0.2, 0.25) is 0 Å². The number of carbonyl (C=O) groups excluding carboxylic acids is 3. The van der Waals surface area contributed by atoms with Gasteiger partial charge in [0.25, 0.3) is 0 Å². The lowest BCUT2D eigenvalue weighted by Crippen LogP contribution is -2.60. The van der Waals surface area contributed by atoms with Gasteiger partial charge in [0, 0.05) is 41.8 Å². The van der Waals surface area contributed by atoms with Crippen LogP contribution in [0.5, 0.6) is 0 Å². The number of carboxylic acid groups (broad SMARTS) is 1.